The second-order valence-electron chi connectivity index (χ2n) is 6.14. The molecule has 0 aliphatic carbocycles. The van der Waals surface area contributed by atoms with Gasteiger partial charge >= 0.3 is 0 Å². The smallest absolute Gasteiger partial charge is 0.107 e. The van der Waals surface area contributed by atoms with Crippen LogP contribution in [0.2, 0.25) is 0 Å². The van der Waals surface area contributed by atoms with Crippen LogP contribution < -0.4 is 0 Å². The zero-order valence-electron chi connectivity index (χ0n) is 14.9. The van der Waals surface area contributed by atoms with Crippen molar-refractivity contribution in [3.63, 3.8) is 0 Å². The molecule has 4 nitrogen and oxygen atoms in total. The standard InChI is InChI=1S/C18H39NO3/c1-3-4-5-6-7-8-9-10-11-12-13-19(14-15-20)18(2)22-17-16-21/h18,20-21H,3-17H2,1-2H3. The Morgan fingerprint density at radius 1 is 0.773 bits per heavy atom. The van der Waals surface area contributed by atoms with E-state index in [0.717, 1.165) is 13.0 Å². The fraction of sp³-hybridized carbons (Fsp3) is 1.00. The molecular weight excluding hydrogens is 278 g/mol. The molecule has 0 aromatic carbocycles. The van der Waals surface area contributed by atoms with E-state index in [1.165, 1.54) is 57.8 Å². The van der Waals surface area contributed by atoms with Crippen molar-refractivity contribution in [2.24, 2.45) is 0 Å². The number of hydrogen-bond donors (Lipinski definition) is 2. The fourth-order valence-electron chi connectivity index (χ4n) is 2.73. The van der Waals surface area contributed by atoms with E-state index in [1.807, 2.05) is 6.92 Å². The third-order valence-electron chi connectivity index (χ3n) is 4.15. The summed E-state index contributed by atoms with van der Waals surface area (Å²) in [6.45, 7) is 6.42. The quantitative estimate of drug-likeness (QED) is 0.318. The Balaban J connectivity index is 3.51. The highest BCUT2D eigenvalue weighted by Crippen LogP contribution is 2.11. The van der Waals surface area contributed by atoms with E-state index in [9.17, 15) is 0 Å². The van der Waals surface area contributed by atoms with Gasteiger partial charge in [0.15, 0.2) is 0 Å². The van der Waals surface area contributed by atoms with Crippen molar-refractivity contribution in [2.45, 2.75) is 84.3 Å². The van der Waals surface area contributed by atoms with Crippen molar-refractivity contribution in [2.75, 3.05) is 32.9 Å². The van der Waals surface area contributed by atoms with Gasteiger partial charge in [-0.05, 0) is 13.3 Å². The predicted octanol–water partition coefficient (Wildman–Crippen LogP) is 3.56. The summed E-state index contributed by atoms with van der Waals surface area (Å²) in [5.41, 5.74) is 0. The highest BCUT2D eigenvalue weighted by molar-refractivity contribution is 4.60. The molecule has 1 atom stereocenters. The van der Waals surface area contributed by atoms with Crippen LogP contribution in [0.5, 0.6) is 0 Å². The molecule has 4 heteroatoms. The van der Waals surface area contributed by atoms with E-state index in [1.54, 1.807) is 0 Å². The molecule has 0 bridgehead atoms. The van der Waals surface area contributed by atoms with Gasteiger partial charge in [-0.3, -0.25) is 4.90 Å². The molecule has 0 rings (SSSR count). The number of aliphatic hydroxyl groups excluding tert-OH is 2. The fourth-order valence-corrected chi connectivity index (χ4v) is 2.73. The second-order valence-corrected chi connectivity index (χ2v) is 6.14. The minimum Gasteiger partial charge on any atom is -0.395 e. The summed E-state index contributed by atoms with van der Waals surface area (Å²) >= 11 is 0. The van der Waals surface area contributed by atoms with Crippen LogP contribution >= 0.6 is 0 Å². The summed E-state index contributed by atoms with van der Waals surface area (Å²) in [7, 11) is 0. The van der Waals surface area contributed by atoms with Gasteiger partial charge in [0.1, 0.15) is 6.23 Å². The first-order valence-corrected chi connectivity index (χ1v) is 9.33. The lowest BCUT2D eigenvalue weighted by atomic mass is 10.1. The molecule has 22 heavy (non-hydrogen) atoms. The van der Waals surface area contributed by atoms with Gasteiger partial charge in [-0.25, -0.2) is 0 Å². The van der Waals surface area contributed by atoms with Gasteiger partial charge in [-0.2, -0.15) is 0 Å². The Morgan fingerprint density at radius 3 is 1.82 bits per heavy atom. The minimum absolute atomic E-state index is 0.0298. The summed E-state index contributed by atoms with van der Waals surface area (Å²) in [6.07, 6.45) is 13.3. The lowest BCUT2D eigenvalue weighted by molar-refractivity contribution is -0.0628. The van der Waals surface area contributed by atoms with E-state index >= 15 is 0 Å². The summed E-state index contributed by atoms with van der Waals surface area (Å²) in [5, 5.41) is 17.9. The topological polar surface area (TPSA) is 52.9 Å². The molecule has 0 heterocycles. The summed E-state index contributed by atoms with van der Waals surface area (Å²) in [6, 6.07) is 0. The van der Waals surface area contributed by atoms with Gasteiger partial charge < -0.3 is 14.9 Å². The Labute approximate surface area is 137 Å². The molecule has 134 valence electrons. The first-order valence-electron chi connectivity index (χ1n) is 9.33. The minimum atomic E-state index is -0.0298. The van der Waals surface area contributed by atoms with E-state index in [4.69, 9.17) is 14.9 Å². The summed E-state index contributed by atoms with van der Waals surface area (Å²) in [5.74, 6) is 0. The summed E-state index contributed by atoms with van der Waals surface area (Å²) < 4.78 is 5.51. The molecule has 0 aromatic rings. The van der Waals surface area contributed by atoms with Gasteiger partial charge in [0, 0.05) is 13.1 Å². The van der Waals surface area contributed by atoms with E-state index < -0.39 is 0 Å². The van der Waals surface area contributed by atoms with Gasteiger partial charge in [0.2, 0.25) is 0 Å². The average molecular weight is 318 g/mol. The third-order valence-corrected chi connectivity index (χ3v) is 4.15. The molecule has 0 spiro atoms. The van der Waals surface area contributed by atoms with Crippen LogP contribution in [0, 0.1) is 0 Å². The summed E-state index contributed by atoms with van der Waals surface area (Å²) in [4.78, 5) is 2.15. The first kappa shape index (κ1) is 21.8. The predicted molar refractivity (Wildman–Crippen MR) is 93.0 cm³/mol. The van der Waals surface area contributed by atoms with Crippen molar-refractivity contribution in [3.8, 4) is 0 Å². The average Bonchev–Trinajstić information content (AvgIpc) is 2.53. The number of rotatable bonds is 17. The molecule has 0 saturated heterocycles. The number of unbranched alkanes of at least 4 members (excludes halogenated alkanes) is 9. The molecule has 0 aromatic heterocycles. The Hall–Kier alpha value is -0.160. The lowest BCUT2D eigenvalue weighted by Gasteiger charge is -2.28. The first-order chi connectivity index (χ1) is 10.8. The highest BCUT2D eigenvalue weighted by Gasteiger charge is 2.12. The van der Waals surface area contributed by atoms with Crippen molar-refractivity contribution in [1.29, 1.82) is 0 Å². The molecule has 0 amide bonds. The van der Waals surface area contributed by atoms with Crippen LogP contribution in [0.25, 0.3) is 0 Å². The number of hydrogen-bond acceptors (Lipinski definition) is 4. The molecule has 1 unspecified atom stereocenters. The van der Waals surface area contributed by atoms with Gasteiger partial charge in [0.05, 0.1) is 19.8 Å². The maximum Gasteiger partial charge on any atom is 0.107 e. The molecule has 0 aliphatic heterocycles. The van der Waals surface area contributed by atoms with Crippen LogP contribution in [0.1, 0.15) is 78.1 Å². The lowest BCUT2D eigenvalue weighted by Crippen LogP contribution is -2.38. The number of aliphatic hydroxyl groups is 2. The molecule has 0 radical (unpaired) electrons. The monoisotopic (exact) mass is 317 g/mol. The maximum atomic E-state index is 9.13. The van der Waals surface area contributed by atoms with E-state index in [2.05, 4.69) is 11.8 Å². The van der Waals surface area contributed by atoms with Crippen LogP contribution in [-0.4, -0.2) is 54.3 Å². The Kier molecular flexibility index (Phi) is 17.1. The normalized spacial score (nSPS) is 13.0. The largest absolute Gasteiger partial charge is 0.395 e. The molecule has 2 N–H and O–H groups in total. The number of nitrogens with zero attached hydrogens (tertiary/aromatic N) is 1. The Morgan fingerprint density at radius 2 is 1.32 bits per heavy atom. The molecular formula is C18H39NO3. The van der Waals surface area contributed by atoms with Crippen molar-refractivity contribution in [1.82, 2.24) is 4.90 Å². The van der Waals surface area contributed by atoms with Crippen molar-refractivity contribution >= 4 is 0 Å². The maximum absolute atomic E-state index is 9.13. The van der Waals surface area contributed by atoms with Crippen LogP contribution in [0.4, 0.5) is 0 Å². The van der Waals surface area contributed by atoms with Crippen molar-refractivity contribution in [3.05, 3.63) is 0 Å². The van der Waals surface area contributed by atoms with Gasteiger partial charge in [-0.1, -0.05) is 64.7 Å². The van der Waals surface area contributed by atoms with E-state index in [0.29, 0.717) is 13.2 Å². The van der Waals surface area contributed by atoms with Crippen LogP contribution in [0.3, 0.4) is 0 Å². The van der Waals surface area contributed by atoms with Gasteiger partial charge in [0.25, 0.3) is 0 Å². The SMILES string of the molecule is CCCCCCCCCCCCN(CCO)C(C)OCCO. The molecule has 0 fully saturated rings. The van der Waals surface area contributed by atoms with Crippen molar-refractivity contribution < 1.29 is 14.9 Å². The molecule has 0 aliphatic rings. The number of ether oxygens (including phenoxy) is 1. The Bertz CT molecular complexity index is 215. The third kappa shape index (κ3) is 13.5. The van der Waals surface area contributed by atoms with Crippen LogP contribution in [0.15, 0.2) is 0 Å². The molecule has 0 saturated carbocycles. The zero-order valence-corrected chi connectivity index (χ0v) is 14.9. The van der Waals surface area contributed by atoms with Crippen LogP contribution in [-0.2, 0) is 4.74 Å². The highest BCUT2D eigenvalue weighted by atomic mass is 16.5. The second kappa shape index (κ2) is 17.2. The van der Waals surface area contributed by atoms with E-state index in [-0.39, 0.29) is 19.4 Å². The zero-order chi connectivity index (χ0) is 16.5. The van der Waals surface area contributed by atoms with Gasteiger partial charge in [-0.15, -0.1) is 0 Å².